The van der Waals surface area contributed by atoms with Crippen LogP contribution < -0.4 is 29.8 Å². The van der Waals surface area contributed by atoms with E-state index in [0.29, 0.717) is 23.7 Å². The number of nitrogens with zero attached hydrogens (tertiary/aromatic N) is 5. The van der Waals surface area contributed by atoms with Gasteiger partial charge >= 0.3 is 5.65 Å². The van der Waals surface area contributed by atoms with Crippen LogP contribution in [-0.4, -0.2) is 41.7 Å². The van der Waals surface area contributed by atoms with Gasteiger partial charge in [-0.25, -0.2) is 0 Å². The van der Waals surface area contributed by atoms with E-state index in [1.165, 1.54) is 9.20 Å². The first-order chi connectivity index (χ1) is 16.1. The van der Waals surface area contributed by atoms with Crippen LogP contribution in [0.5, 0.6) is 11.6 Å². The number of likely N-dealkylation sites (N-methyl/N-ethyl adjacent to an activating group) is 1. The van der Waals surface area contributed by atoms with Gasteiger partial charge in [-0.2, -0.15) is 9.78 Å². The number of benzene rings is 1. The quantitative estimate of drug-likeness (QED) is 0.425. The van der Waals surface area contributed by atoms with Gasteiger partial charge in [0.1, 0.15) is 18.5 Å². The fraction of sp³-hybridized carbons (Fsp3) is 0.520. The molecule has 182 valence electrons. The monoisotopic (exact) mass is 466 g/mol. The summed E-state index contributed by atoms with van der Waals surface area (Å²) in [5, 5.41) is 16.9. The molecule has 3 heterocycles. The van der Waals surface area contributed by atoms with E-state index in [-0.39, 0.29) is 29.5 Å². The molecular weight excluding hydrogens is 432 g/mol. The van der Waals surface area contributed by atoms with E-state index in [0.717, 1.165) is 36.4 Å². The van der Waals surface area contributed by atoms with Crippen LogP contribution in [0.15, 0.2) is 24.3 Å². The predicted molar refractivity (Wildman–Crippen MR) is 128 cm³/mol. The SMILES string of the molecule is CCC(CC)Oc1ccc2n(n1)c(=N)[n-][n+]2CC(=O)c1cc2c(c(C(C)(C)C)c1)OCCN2C. The Morgan fingerprint density at radius 3 is 2.71 bits per heavy atom. The van der Waals surface area contributed by atoms with Gasteiger partial charge in [0.25, 0.3) is 5.88 Å². The number of ketones is 1. The molecule has 1 aromatic carbocycles. The highest BCUT2D eigenvalue weighted by Gasteiger charge is 2.28. The van der Waals surface area contributed by atoms with Crippen LogP contribution in [0, 0.1) is 5.41 Å². The number of rotatable bonds is 7. The van der Waals surface area contributed by atoms with Gasteiger partial charge in [0.15, 0.2) is 6.54 Å². The van der Waals surface area contributed by atoms with E-state index in [1.807, 2.05) is 19.2 Å². The van der Waals surface area contributed by atoms with Crippen LogP contribution in [0.25, 0.3) is 5.65 Å². The lowest BCUT2D eigenvalue weighted by Crippen LogP contribution is -2.43. The smallest absolute Gasteiger partial charge is 0.317 e. The number of fused-ring (bicyclic) bond motifs is 2. The van der Waals surface area contributed by atoms with Gasteiger partial charge in [-0.1, -0.05) is 39.1 Å². The summed E-state index contributed by atoms with van der Waals surface area (Å²) in [6.07, 6.45) is 1.82. The Labute approximate surface area is 199 Å². The van der Waals surface area contributed by atoms with E-state index >= 15 is 0 Å². The Bertz CT molecular complexity index is 1270. The zero-order chi connectivity index (χ0) is 24.6. The standard InChI is InChI=1S/C25H34N6O3/c1-7-17(8-2)34-21-9-10-22-30(28-24(26)31(22)27-21)15-20(32)16-13-18(25(3,4)5)23-19(14-16)29(6)11-12-33-23/h9-10,13-14,17,26H,7-8,11-12,15H2,1-6H3. The maximum atomic E-state index is 13.4. The molecule has 1 aliphatic heterocycles. The van der Waals surface area contributed by atoms with Crippen LogP contribution in [0.3, 0.4) is 0 Å². The first kappa shape index (κ1) is 23.8. The molecule has 0 bridgehead atoms. The highest BCUT2D eigenvalue weighted by atomic mass is 16.5. The molecule has 9 nitrogen and oxygen atoms in total. The molecule has 4 rings (SSSR count). The largest absolute Gasteiger partial charge is 0.489 e. The highest BCUT2D eigenvalue weighted by molar-refractivity contribution is 5.97. The Morgan fingerprint density at radius 2 is 2.03 bits per heavy atom. The minimum atomic E-state index is -0.184. The Hall–Kier alpha value is -3.36. The number of anilines is 1. The molecule has 0 unspecified atom stereocenters. The number of ether oxygens (including phenoxy) is 2. The van der Waals surface area contributed by atoms with Crippen molar-refractivity contribution in [2.45, 2.75) is 65.5 Å². The third-order valence-corrected chi connectivity index (χ3v) is 6.25. The third-order valence-electron chi connectivity index (χ3n) is 6.25. The first-order valence-electron chi connectivity index (χ1n) is 11.9. The van der Waals surface area contributed by atoms with Crippen molar-refractivity contribution in [1.82, 2.24) is 14.7 Å². The summed E-state index contributed by atoms with van der Waals surface area (Å²) in [7, 11) is 2.01. The van der Waals surface area contributed by atoms with Crippen molar-refractivity contribution < 1.29 is 19.0 Å². The molecule has 2 aromatic heterocycles. The highest BCUT2D eigenvalue weighted by Crippen LogP contribution is 2.41. The normalized spacial score (nSPS) is 13.8. The summed E-state index contributed by atoms with van der Waals surface area (Å²) in [5.74, 6) is 1.20. The van der Waals surface area contributed by atoms with E-state index < -0.39 is 0 Å². The summed E-state index contributed by atoms with van der Waals surface area (Å²) in [6.45, 7) is 11.9. The summed E-state index contributed by atoms with van der Waals surface area (Å²) in [5.41, 5.74) is 2.86. The molecule has 0 amide bonds. The van der Waals surface area contributed by atoms with Crippen molar-refractivity contribution in [1.29, 1.82) is 5.41 Å². The zero-order valence-corrected chi connectivity index (χ0v) is 20.9. The summed E-state index contributed by atoms with van der Waals surface area (Å²) >= 11 is 0. The van der Waals surface area contributed by atoms with Gasteiger partial charge in [-0.15, -0.1) is 0 Å². The predicted octanol–water partition coefficient (Wildman–Crippen LogP) is 2.63. The Kier molecular flexibility index (Phi) is 6.38. The van der Waals surface area contributed by atoms with E-state index in [1.54, 1.807) is 12.1 Å². The average Bonchev–Trinajstić information content (AvgIpc) is 3.11. The number of aromatic nitrogens is 4. The Morgan fingerprint density at radius 1 is 1.29 bits per heavy atom. The number of nitrogens with one attached hydrogen (secondary N) is 1. The van der Waals surface area contributed by atoms with Crippen LogP contribution in [0.4, 0.5) is 5.69 Å². The van der Waals surface area contributed by atoms with Gasteiger partial charge < -0.3 is 19.8 Å². The molecule has 0 aliphatic carbocycles. The minimum absolute atomic E-state index is 0.00372. The maximum absolute atomic E-state index is 13.4. The second-order valence-electron chi connectivity index (χ2n) is 9.79. The number of carbonyl (C=O) groups excluding carboxylic acids is 1. The Balaban J connectivity index is 1.67. The molecule has 0 atom stereocenters. The molecule has 0 saturated carbocycles. The average molecular weight is 467 g/mol. The second kappa shape index (κ2) is 9.12. The zero-order valence-electron chi connectivity index (χ0n) is 20.9. The third kappa shape index (κ3) is 4.51. The molecule has 9 heteroatoms. The fourth-order valence-electron chi connectivity index (χ4n) is 4.16. The topological polar surface area (TPSA) is 97.9 Å². The van der Waals surface area contributed by atoms with Crippen LogP contribution >= 0.6 is 0 Å². The molecule has 1 aliphatic rings. The first-order valence-corrected chi connectivity index (χ1v) is 11.9. The van der Waals surface area contributed by atoms with Crippen LogP contribution in [-0.2, 0) is 12.0 Å². The van der Waals surface area contributed by atoms with Crippen molar-refractivity contribution in [3.8, 4) is 11.6 Å². The van der Waals surface area contributed by atoms with Gasteiger partial charge in [-0.05, 0) is 35.5 Å². The number of carbonyl (C=O) groups is 1. The molecule has 0 spiro atoms. The number of Topliss-reactive ketones (excluding diaryl/α,β-unsaturated/α-hetero) is 1. The molecule has 0 radical (unpaired) electrons. The van der Waals surface area contributed by atoms with E-state index in [4.69, 9.17) is 14.9 Å². The molecule has 3 aromatic rings. The van der Waals surface area contributed by atoms with Gasteiger partial charge in [0.2, 0.25) is 11.4 Å². The van der Waals surface area contributed by atoms with Gasteiger partial charge in [0.05, 0.1) is 12.2 Å². The minimum Gasteiger partial charge on any atom is -0.489 e. The second-order valence-corrected chi connectivity index (χ2v) is 9.79. The van der Waals surface area contributed by atoms with Crippen LogP contribution in [0.2, 0.25) is 0 Å². The van der Waals surface area contributed by atoms with Crippen molar-refractivity contribution >= 4 is 17.1 Å². The summed E-state index contributed by atoms with van der Waals surface area (Å²) in [4.78, 5) is 15.5. The van der Waals surface area contributed by atoms with E-state index in [9.17, 15) is 4.79 Å². The number of hydrogen-bond acceptors (Lipinski definition) is 6. The fourth-order valence-corrected chi connectivity index (χ4v) is 4.16. The van der Waals surface area contributed by atoms with Crippen molar-refractivity contribution in [3.63, 3.8) is 0 Å². The maximum Gasteiger partial charge on any atom is 0.317 e. The molecule has 0 saturated heterocycles. The summed E-state index contributed by atoms with van der Waals surface area (Å²) < 4.78 is 14.8. The molecule has 34 heavy (non-hydrogen) atoms. The molecular formula is C25H34N6O3. The molecule has 1 N–H and O–H groups in total. The lowest BCUT2D eigenvalue weighted by Gasteiger charge is -2.33. The van der Waals surface area contributed by atoms with Crippen molar-refractivity contribution in [3.05, 3.63) is 41.0 Å². The lowest BCUT2D eigenvalue weighted by atomic mass is 9.84. The number of hydrogen-bond donors (Lipinski definition) is 1. The van der Waals surface area contributed by atoms with Gasteiger partial charge in [-0.3, -0.25) is 4.79 Å². The van der Waals surface area contributed by atoms with Crippen molar-refractivity contribution in [2.75, 3.05) is 25.1 Å². The van der Waals surface area contributed by atoms with Crippen LogP contribution in [0.1, 0.15) is 63.4 Å². The lowest BCUT2D eigenvalue weighted by molar-refractivity contribution is -0.721. The van der Waals surface area contributed by atoms with Crippen molar-refractivity contribution in [2.24, 2.45) is 0 Å². The molecule has 0 fully saturated rings. The summed E-state index contributed by atoms with van der Waals surface area (Å²) in [6, 6.07) is 7.38. The van der Waals surface area contributed by atoms with E-state index in [2.05, 4.69) is 49.7 Å². The van der Waals surface area contributed by atoms with Gasteiger partial charge in [0, 0.05) is 30.3 Å².